The van der Waals surface area contributed by atoms with Gasteiger partial charge in [-0.3, -0.25) is 4.72 Å². The van der Waals surface area contributed by atoms with Gasteiger partial charge < -0.3 is 5.73 Å². The van der Waals surface area contributed by atoms with Crippen LogP contribution in [0.15, 0.2) is 42.5 Å². The number of aryl methyl sites for hydroxylation is 1. The number of nitrogens with one attached hydrogen (secondary N) is 1. The molecule has 3 N–H and O–H groups in total. The zero-order chi connectivity index (χ0) is 15.5. The molecule has 0 saturated heterocycles. The van der Waals surface area contributed by atoms with Gasteiger partial charge in [0.05, 0.1) is 17.4 Å². The Balaban J connectivity index is 2.14. The molecule has 21 heavy (non-hydrogen) atoms. The van der Waals surface area contributed by atoms with Crippen molar-refractivity contribution >= 4 is 21.4 Å². The number of nitrogens with zero attached hydrogens (tertiary/aromatic N) is 1. The molecule has 6 heteroatoms. The van der Waals surface area contributed by atoms with Crippen LogP contribution in [0.4, 0.5) is 11.4 Å². The molecule has 0 aromatic heterocycles. The van der Waals surface area contributed by atoms with Crippen LogP contribution in [-0.4, -0.2) is 8.42 Å². The van der Waals surface area contributed by atoms with Gasteiger partial charge in [0.1, 0.15) is 0 Å². The summed E-state index contributed by atoms with van der Waals surface area (Å²) < 4.78 is 26.7. The summed E-state index contributed by atoms with van der Waals surface area (Å²) >= 11 is 0. The van der Waals surface area contributed by atoms with Gasteiger partial charge in [-0.1, -0.05) is 12.1 Å². The lowest BCUT2D eigenvalue weighted by Gasteiger charge is -2.10. The van der Waals surface area contributed by atoms with Gasteiger partial charge >= 0.3 is 0 Å². The smallest absolute Gasteiger partial charge is 0.236 e. The molecular formula is C15H15N3O2S. The highest BCUT2D eigenvalue weighted by Crippen LogP contribution is 2.19. The fraction of sp³-hybridized carbons (Fsp3) is 0.133. The van der Waals surface area contributed by atoms with E-state index in [9.17, 15) is 8.42 Å². The van der Waals surface area contributed by atoms with Crippen LogP contribution in [0.3, 0.4) is 0 Å². The lowest BCUT2D eigenvalue weighted by atomic mass is 10.2. The molecule has 0 aliphatic carbocycles. The molecule has 0 unspecified atom stereocenters. The summed E-state index contributed by atoms with van der Waals surface area (Å²) in [5, 5.41) is 8.71. The molecule has 0 radical (unpaired) electrons. The maximum Gasteiger partial charge on any atom is 0.236 e. The van der Waals surface area contributed by atoms with Crippen LogP contribution >= 0.6 is 0 Å². The number of sulfonamides is 1. The first-order valence-electron chi connectivity index (χ1n) is 6.25. The Morgan fingerprint density at radius 1 is 1.19 bits per heavy atom. The van der Waals surface area contributed by atoms with Gasteiger partial charge in [0.2, 0.25) is 10.0 Å². The maximum atomic E-state index is 12.1. The van der Waals surface area contributed by atoms with Crippen LogP contribution in [0, 0.1) is 18.3 Å². The molecule has 0 atom stereocenters. The van der Waals surface area contributed by atoms with Gasteiger partial charge in [-0.2, -0.15) is 5.26 Å². The molecule has 2 aromatic rings. The fourth-order valence-electron chi connectivity index (χ4n) is 1.85. The van der Waals surface area contributed by atoms with E-state index in [1.165, 1.54) is 0 Å². The molecule has 0 spiro atoms. The molecule has 5 nitrogen and oxygen atoms in total. The van der Waals surface area contributed by atoms with E-state index in [1.54, 1.807) is 42.5 Å². The Hall–Kier alpha value is -2.52. The second-order valence-corrected chi connectivity index (χ2v) is 6.46. The van der Waals surface area contributed by atoms with E-state index in [0.29, 0.717) is 22.5 Å². The van der Waals surface area contributed by atoms with E-state index in [-0.39, 0.29) is 5.75 Å². The molecule has 2 rings (SSSR count). The third kappa shape index (κ3) is 3.97. The largest absolute Gasteiger partial charge is 0.399 e. The van der Waals surface area contributed by atoms with Crippen LogP contribution in [0.1, 0.15) is 16.7 Å². The second kappa shape index (κ2) is 5.85. The molecule has 0 bridgehead atoms. The van der Waals surface area contributed by atoms with Gasteiger partial charge in [0.25, 0.3) is 0 Å². The number of hydrogen-bond acceptors (Lipinski definition) is 4. The molecule has 0 heterocycles. The van der Waals surface area contributed by atoms with E-state index in [4.69, 9.17) is 11.0 Å². The first kappa shape index (κ1) is 14.9. The summed E-state index contributed by atoms with van der Waals surface area (Å²) in [7, 11) is -3.51. The van der Waals surface area contributed by atoms with Crippen LogP contribution < -0.4 is 10.5 Å². The van der Waals surface area contributed by atoms with Crippen molar-refractivity contribution in [2.75, 3.05) is 10.5 Å². The Kier molecular flexibility index (Phi) is 4.15. The summed E-state index contributed by atoms with van der Waals surface area (Å²) in [6.45, 7) is 1.81. The first-order valence-corrected chi connectivity index (χ1v) is 7.90. The van der Waals surface area contributed by atoms with Crippen molar-refractivity contribution in [3.8, 4) is 6.07 Å². The average Bonchev–Trinajstić information content (AvgIpc) is 2.43. The quantitative estimate of drug-likeness (QED) is 0.847. The average molecular weight is 301 g/mol. The van der Waals surface area contributed by atoms with Gasteiger partial charge in [-0.25, -0.2) is 8.42 Å². The van der Waals surface area contributed by atoms with Gasteiger partial charge in [-0.05, 0) is 48.4 Å². The van der Waals surface area contributed by atoms with Crippen molar-refractivity contribution in [3.63, 3.8) is 0 Å². The highest BCUT2D eigenvalue weighted by molar-refractivity contribution is 7.91. The highest BCUT2D eigenvalue weighted by atomic mass is 32.2. The Morgan fingerprint density at radius 2 is 1.86 bits per heavy atom. The molecule has 0 aliphatic heterocycles. The lowest BCUT2D eigenvalue weighted by molar-refractivity contribution is 0.600. The van der Waals surface area contributed by atoms with Crippen LogP contribution in [0.5, 0.6) is 0 Å². The summed E-state index contributed by atoms with van der Waals surface area (Å²) in [5.74, 6) is -0.151. The van der Waals surface area contributed by atoms with Crippen LogP contribution in [0.25, 0.3) is 0 Å². The third-order valence-electron chi connectivity index (χ3n) is 2.98. The van der Waals surface area contributed by atoms with E-state index >= 15 is 0 Å². The molecule has 0 saturated carbocycles. The number of nitriles is 1. The SMILES string of the molecule is Cc1cc(NS(=O)(=O)Cc2ccc(C#N)cc2)ccc1N. The molecule has 2 aromatic carbocycles. The number of hydrogen-bond donors (Lipinski definition) is 2. The van der Waals surface area contributed by atoms with E-state index in [0.717, 1.165) is 5.56 Å². The highest BCUT2D eigenvalue weighted by Gasteiger charge is 2.12. The van der Waals surface area contributed by atoms with Crippen molar-refractivity contribution in [2.45, 2.75) is 12.7 Å². The van der Waals surface area contributed by atoms with Crippen molar-refractivity contribution in [1.29, 1.82) is 5.26 Å². The standard InChI is InChI=1S/C15H15N3O2S/c1-11-8-14(6-7-15(11)17)18-21(19,20)10-13-4-2-12(9-16)3-5-13/h2-8,18H,10,17H2,1H3. The minimum atomic E-state index is -3.51. The Morgan fingerprint density at radius 3 is 2.43 bits per heavy atom. The number of nitrogens with two attached hydrogens (primary N) is 1. The van der Waals surface area contributed by atoms with Crippen molar-refractivity contribution < 1.29 is 8.42 Å². The number of benzene rings is 2. The lowest BCUT2D eigenvalue weighted by Crippen LogP contribution is -2.15. The predicted octanol–water partition coefficient (Wildman–Crippen LogP) is 2.39. The van der Waals surface area contributed by atoms with Gasteiger partial charge in [-0.15, -0.1) is 0 Å². The fourth-order valence-corrected chi connectivity index (χ4v) is 3.04. The molecule has 0 fully saturated rings. The summed E-state index contributed by atoms with van der Waals surface area (Å²) in [5.41, 5.74) is 8.73. The number of rotatable bonds is 4. The van der Waals surface area contributed by atoms with Gasteiger partial charge in [0, 0.05) is 11.4 Å². The maximum absolute atomic E-state index is 12.1. The zero-order valence-corrected chi connectivity index (χ0v) is 12.3. The summed E-state index contributed by atoms with van der Waals surface area (Å²) in [6, 6.07) is 13.4. The molecule has 0 amide bonds. The predicted molar refractivity (Wildman–Crippen MR) is 83.0 cm³/mol. The third-order valence-corrected chi connectivity index (χ3v) is 4.24. The summed E-state index contributed by atoms with van der Waals surface area (Å²) in [4.78, 5) is 0. The number of anilines is 2. The van der Waals surface area contributed by atoms with Crippen molar-refractivity contribution in [2.24, 2.45) is 0 Å². The van der Waals surface area contributed by atoms with Crippen LogP contribution in [-0.2, 0) is 15.8 Å². The minimum Gasteiger partial charge on any atom is -0.399 e. The summed E-state index contributed by atoms with van der Waals surface area (Å²) in [6.07, 6.45) is 0. The normalized spacial score (nSPS) is 10.9. The zero-order valence-electron chi connectivity index (χ0n) is 11.5. The van der Waals surface area contributed by atoms with E-state index in [1.807, 2.05) is 13.0 Å². The minimum absolute atomic E-state index is 0.151. The molecule has 0 aliphatic rings. The second-order valence-electron chi connectivity index (χ2n) is 4.74. The Labute approximate surface area is 124 Å². The van der Waals surface area contributed by atoms with Crippen molar-refractivity contribution in [3.05, 3.63) is 59.2 Å². The van der Waals surface area contributed by atoms with Crippen LogP contribution in [0.2, 0.25) is 0 Å². The Bertz CT molecular complexity index is 791. The number of nitrogen functional groups attached to an aromatic ring is 1. The van der Waals surface area contributed by atoms with E-state index < -0.39 is 10.0 Å². The topological polar surface area (TPSA) is 96.0 Å². The first-order chi connectivity index (χ1) is 9.89. The van der Waals surface area contributed by atoms with Crippen molar-refractivity contribution in [1.82, 2.24) is 0 Å². The molecule has 108 valence electrons. The molecular weight excluding hydrogens is 286 g/mol. The van der Waals surface area contributed by atoms with Gasteiger partial charge in [0.15, 0.2) is 0 Å². The van der Waals surface area contributed by atoms with E-state index in [2.05, 4.69) is 4.72 Å². The monoisotopic (exact) mass is 301 g/mol.